The third-order valence-corrected chi connectivity index (χ3v) is 17.5. The second-order valence-electron chi connectivity index (χ2n) is 25.2. The van der Waals surface area contributed by atoms with Crippen LogP contribution in [0, 0.1) is 0 Å². The zero-order valence-corrected chi connectivity index (χ0v) is 63.2. The number of hydrogen-bond acceptors (Lipinski definition) is 15. The van der Waals surface area contributed by atoms with E-state index in [-0.39, 0.29) is 25.7 Å². The van der Waals surface area contributed by atoms with E-state index in [2.05, 4.69) is 137 Å². The van der Waals surface area contributed by atoms with E-state index in [0.29, 0.717) is 25.7 Å². The van der Waals surface area contributed by atoms with Crippen LogP contribution in [0.2, 0.25) is 0 Å². The third kappa shape index (κ3) is 70.2. The Balaban J connectivity index is 5.35. The highest BCUT2D eigenvalue weighted by atomic mass is 31.2. The average Bonchev–Trinajstić information content (AvgIpc) is 0.979. The van der Waals surface area contributed by atoms with Gasteiger partial charge >= 0.3 is 39.5 Å². The maximum Gasteiger partial charge on any atom is 0.472 e. The van der Waals surface area contributed by atoms with Crippen molar-refractivity contribution in [3.63, 3.8) is 0 Å². The van der Waals surface area contributed by atoms with Crippen LogP contribution in [0.25, 0.3) is 0 Å². The summed E-state index contributed by atoms with van der Waals surface area (Å²) < 4.78 is 68.4. The van der Waals surface area contributed by atoms with Gasteiger partial charge in [0, 0.05) is 25.7 Å². The van der Waals surface area contributed by atoms with Gasteiger partial charge in [-0.3, -0.25) is 37.3 Å². The summed E-state index contributed by atoms with van der Waals surface area (Å²) in [6, 6.07) is 0. The first kappa shape index (κ1) is 93.7. The molecule has 98 heavy (non-hydrogen) atoms. The number of ether oxygens (including phenoxy) is 4. The fraction of sp³-hybridized carbons (Fsp3) is 0.722. The zero-order valence-electron chi connectivity index (χ0n) is 61.4. The molecule has 0 bridgehead atoms. The number of allylic oxidation sites excluding steroid dienone is 18. The van der Waals surface area contributed by atoms with E-state index >= 15 is 0 Å². The lowest BCUT2D eigenvalue weighted by molar-refractivity contribution is -0.161. The van der Waals surface area contributed by atoms with Crippen LogP contribution in [0.1, 0.15) is 310 Å². The van der Waals surface area contributed by atoms with Crippen LogP contribution in [0.3, 0.4) is 0 Å². The lowest BCUT2D eigenvalue weighted by atomic mass is 10.1. The molecule has 564 valence electrons. The van der Waals surface area contributed by atoms with Gasteiger partial charge in [0.1, 0.15) is 19.3 Å². The van der Waals surface area contributed by atoms with Gasteiger partial charge in [-0.05, 0) is 141 Å². The van der Waals surface area contributed by atoms with Crippen molar-refractivity contribution in [2.75, 3.05) is 39.6 Å². The Kier molecular flexibility index (Phi) is 68.0. The van der Waals surface area contributed by atoms with E-state index in [0.717, 1.165) is 212 Å². The first-order chi connectivity index (χ1) is 47.7. The molecule has 0 aromatic rings. The molecule has 0 spiro atoms. The molecule has 5 atom stereocenters. The molecule has 0 heterocycles. The molecule has 5 unspecified atom stereocenters. The van der Waals surface area contributed by atoms with Gasteiger partial charge in [-0.15, -0.1) is 0 Å². The highest BCUT2D eigenvalue weighted by Gasteiger charge is 2.30. The Morgan fingerprint density at radius 3 is 0.806 bits per heavy atom. The number of carbonyl (C=O) groups excluding carboxylic acids is 4. The summed E-state index contributed by atoms with van der Waals surface area (Å²) in [7, 11) is -9.96. The normalized spacial score (nSPS) is 14.6. The predicted octanol–water partition coefficient (Wildman–Crippen LogP) is 21.8. The summed E-state index contributed by atoms with van der Waals surface area (Å²) in [5.41, 5.74) is 0. The van der Waals surface area contributed by atoms with Crippen LogP contribution < -0.4 is 0 Å². The first-order valence-electron chi connectivity index (χ1n) is 38.1. The minimum atomic E-state index is -4.98. The molecule has 0 aliphatic heterocycles. The topological polar surface area (TPSA) is 237 Å². The highest BCUT2D eigenvalue weighted by molar-refractivity contribution is 7.47. The number of aliphatic hydroxyl groups excluding tert-OH is 1. The quantitative estimate of drug-likeness (QED) is 0.0169. The number of phosphoric acid groups is 2. The molecule has 0 aliphatic carbocycles. The number of hydrogen-bond donors (Lipinski definition) is 3. The van der Waals surface area contributed by atoms with Crippen molar-refractivity contribution in [2.24, 2.45) is 0 Å². The van der Waals surface area contributed by atoms with Gasteiger partial charge in [0.2, 0.25) is 0 Å². The standard InChI is InChI=1S/C79H136O17P2/c1-5-9-13-17-21-25-29-33-34-35-36-37-38-42-44-48-52-56-60-64-77(82)90-70-75(96-79(84)66-62-58-54-50-46-41-32-28-24-20-16-12-8-4)72-94-98(87,88)92-68-73(80)67-91-97(85,86)93-71-74(95-78(83)65-61-57-53-49-45-40-31-27-23-19-15-11-7-3)69-89-76(81)63-59-55-51-47-43-39-30-26-22-18-14-10-6-2/h14-16,18-21,25-28,30-34,36-37,73-75,80H,5-13,17,22-24,29,35,38-72H2,1-4H3,(H,85,86)(H,87,88)/b18-14-,19-15-,20-16-,25-21-,30-26-,31-27-,32-28-,34-33-,37-36-. The molecule has 0 saturated heterocycles. The van der Waals surface area contributed by atoms with Crippen LogP contribution >= 0.6 is 15.6 Å². The molecule has 0 aromatic carbocycles. The second-order valence-corrected chi connectivity index (χ2v) is 28.1. The number of carbonyl (C=O) groups is 4. The van der Waals surface area contributed by atoms with Crippen molar-refractivity contribution in [3.8, 4) is 0 Å². The minimum absolute atomic E-state index is 0.0741. The molecule has 0 saturated carbocycles. The fourth-order valence-electron chi connectivity index (χ4n) is 9.81. The maximum atomic E-state index is 13.1. The van der Waals surface area contributed by atoms with E-state index in [1.165, 1.54) is 19.3 Å². The van der Waals surface area contributed by atoms with Gasteiger partial charge in [-0.25, -0.2) is 9.13 Å². The Morgan fingerprint density at radius 1 is 0.286 bits per heavy atom. The molecule has 0 radical (unpaired) electrons. The third-order valence-electron chi connectivity index (χ3n) is 15.6. The Morgan fingerprint density at radius 2 is 0.520 bits per heavy atom. The number of phosphoric ester groups is 2. The summed E-state index contributed by atoms with van der Waals surface area (Å²) in [5.74, 6) is -2.23. The highest BCUT2D eigenvalue weighted by Crippen LogP contribution is 2.45. The largest absolute Gasteiger partial charge is 0.472 e. The Labute approximate surface area is 594 Å². The monoisotopic (exact) mass is 1420 g/mol. The van der Waals surface area contributed by atoms with Crippen LogP contribution in [0.4, 0.5) is 0 Å². The van der Waals surface area contributed by atoms with E-state index < -0.39 is 97.5 Å². The summed E-state index contributed by atoms with van der Waals surface area (Å²) >= 11 is 0. The number of unbranched alkanes of at least 4 members (excludes halogenated alkanes) is 27. The van der Waals surface area contributed by atoms with Crippen molar-refractivity contribution >= 4 is 39.5 Å². The fourth-order valence-corrected chi connectivity index (χ4v) is 11.4. The van der Waals surface area contributed by atoms with Gasteiger partial charge in [0.05, 0.1) is 26.4 Å². The van der Waals surface area contributed by atoms with Crippen molar-refractivity contribution in [1.29, 1.82) is 0 Å². The Hall–Kier alpha value is -4.28. The first-order valence-corrected chi connectivity index (χ1v) is 41.1. The van der Waals surface area contributed by atoms with Crippen LogP contribution in [0.15, 0.2) is 109 Å². The lowest BCUT2D eigenvalue weighted by Crippen LogP contribution is -2.30. The number of esters is 4. The van der Waals surface area contributed by atoms with Gasteiger partial charge in [0.25, 0.3) is 0 Å². The van der Waals surface area contributed by atoms with E-state index in [1.54, 1.807) is 0 Å². The van der Waals surface area contributed by atoms with Crippen LogP contribution in [-0.2, 0) is 65.4 Å². The minimum Gasteiger partial charge on any atom is -0.462 e. The SMILES string of the molecule is CCC/C=C\C/C=C\CCCCCCCC(=O)OCC(COP(=O)(O)OCC(O)COP(=O)(O)OCC(COC(=O)CCCCCCCC/C=C\C/C=C\C/C=C\CCCCC)OC(=O)CCCCCCC/C=C\C/C=C\CCC)OC(=O)CCCCCCC/C=C\C/C=C\CCC. The maximum absolute atomic E-state index is 13.1. The summed E-state index contributed by atoms with van der Waals surface area (Å²) in [5, 5.41) is 10.6. The molecule has 19 heteroatoms. The van der Waals surface area contributed by atoms with E-state index in [4.69, 9.17) is 37.0 Å². The van der Waals surface area contributed by atoms with Crippen molar-refractivity contribution in [1.82, 2.24) is 0 Å². The smallest absolute Gasteiger partial charge is 0.462 e. The van der Waals surface area contributed by atoms with E-state index in [1.807, 2.05) is 0 Å². The zero-order chi connectivity index (χ0) is 71.8. The van der Waals surface area contributed by atoms with Crippen molar-refractivity contribution in [3.05, 3.63) is 109 Å². The summed E-state index contributed by atoms with van der Waals surface area (Å²) in [6.07, 6.45) is 75.1. The summed E-state index contributed by atoms with van der Waals surface area (Å²) in [6.45, 7) is 4.59. The lowest BCUT2D eigenvalue weighted by Gasteiger charge is -2.21. The number of rotatable bonds is 71. The van der Waals surface area contributed by atoms with Crippen molar-refractivity contribution in [2.45, 2.75) is 329 Å². The van der Waals surface area contributed by atoms with Crippen molar-refractivity contribution < 1.29 is 80.2 Å². The van der Waals surface area contributed by atoms with Crippen LogP contribution in [0.5, 0.6) is 0 Å². The van der Waals surface area contributed by atoms with Gasteiger partial charge in [0.15, 0.2) is 12.2 Å². The predicted molar refractivity (Wildman–Crippen MR) is 399 cm³/mol. The molecular formula is C79H136O17P2. The van der Waals surface area contributed by atoms with Crippen LogP contribution in [-0.4, -0.2) is 96.7 Å². The molecule has 0 fully saturated rings. The molecule has 17 nitrogen and oxygen atoms in total. The molecule has 0 amide bonds. The molecule has 0 aliphatic rings. The van der Waals surface area contributed by atoms with Gasteiger partial charge < -0.3 is 33.8 Å². The molecule has 3 N–H and O–H groups in total. The molecular weight excluding hydrogens is 1280 g/mol. The molecule has 0 rings (SSSR count). The van der Waals surface area contributed by atoms with Gasteiger partial charge in [-0.1, -0.05) is 253 Å². The number of aliphatic hydroxyl groups is 1. The second kappa shape index (κ2) is 71.1. The van der Waals surface area contributed by atoms with Gasteiger partial charge in [-0.2, -0.15) is 0 Å². The Bertz CT molecular complexity index is 2290. The summed E-state index contributed by atoms with van der Waals surface area (Å²) in [4.78, 5) is 72.8. The molecule has 0 aromatic heterocycles. The van der Waals surface area contributed by atoms with E-state index in [9.17, 15) is 43.2 Å². The average molecular weight is 1420 g/mol.